The fourth-order valence-electron chi connectivity index (χ4n) is 3.13. The molecule has 1 saturated carbocycles. The van der Waals surface area contributed by atoms with Crippen LogP contribution in [-0.2, 0) is 6.54 Å². The first-order chi connectivity index (χ1) is 10.0. The van der Waals surface area contributed by atoms with Crippen molar-refractivity contribution in [1.29, 1.82) is 0 Å². The number of hydrogen-bond donors (Lipinski definition) is 1. The SMILES string of the molecule is Cc1c(C)c(C)c(-c2ccoc2CNC2CC2)c(C)c1C. The summed E-state index contributed by atoms with van der Waals surface area (Å²) in [7, 11) is 0. The molecule has 3 rings (SSSR count). The first-order valence-electron chi connectivity index (χ1n) is 7.87. The maximum absolute atomic E-state index is 5.75. The van der Waals surface area contributed by atoms with Crippen LogP contribution in [-0.4, -0.2) is 6.04 Å². The van der Waals surface area contributed by atoms with Crippen molar-refractivity contribution in [2.75, 3.05) is 0 Å². The summed E-state index contributed by atoms with van der Waals surface area (Å²) in [5.41, 5.74) is 9.58. The Labute approximate surface area is 127 Å². The summed E-state index contributed by atoms with van der Waals surface area (Å²) in [6.45, 7) is 12.0. The van der Waals surface area contributed by atoms with Gasteiger partial charge >= 0.3 is 0 Å². The molecule has 0 amide bonds. The van der Waals surface area contributed by atoms with E-state index in [0.717, 1.165) is 12.3 Å². The van der Waals surface area contributed by atoms with Gasteiger partial charge in [-0.25, -0.2) is 0 Å². The molecule has 2 aromatic rings. The van der Waals surface area contributed by atoms with Gasteiger partial charge in [-0.1, -0.05) is 0 Å². The molecule has 1 aliphatic carbocycles. The summed E-state index contributed by atoms with van der Waals surface area (Å²) in [5.74, 6) is 1.07. The maximum Gasteiger partial charge on any atom is 0.125 e. The van der Waals surface area contributed by atoms with Crippen molar-refractivity contribution in [3.63, 3.8) is 0 Å². The molecule has 1 aliphatic rings. The van der Waals surface area contributed by atoms with Crippen LogP contribution < -0.4 is 5.32 Å². The van der Waals surface area contributed by atoms with Crippen LogP contribution in [0.5, 0.6) is 0 Å². The quantitative estimate of drug-likeness (QED) is 0.876. The minimum absolute atomic E-state index is 0.701. The van der Waals surface area contributed by atoms with Gasteiger partial charge in [0.1, 0.15) is 5.76 Å². The van der Waals surface area contributed by atoms with Crippen molar-refractivity contribution in [3.05, 3.63) is 45.9 Å². The molecule has 21 heavy (non-hydrogen) atoms. The largest absolute Gasteiger partial charge is 0.467 e. The maximum atomic E-state index is 5.75. The lowest BCUT2D eigenvalue weighted by atomic mass is 9.86. The van der Waals surface area contributed by atoms with E-state index in [2.05, 4.69) is 46.0 Å². The van der Waals surface area contributed by atoms with E-state index in [1.807, 2.05) is 6.26 Å². The van der Waals surface area contributed by atoms with Gasteiger partial charge in [0.2, 0.25) is 0 Å². The van der Waals surface area contributed by atoms with Gasteiger partial charge in [-0.2, -0.15) is 0 Å². The van der Waals surface area contributed by atoms with Crippen molar-refractivity contribution in [1.82, 2.24) is 5.32 Å². The van der Waals surface area contributed by atoms with E-state index < -0.39 is 0 Å². The predicted octanol–water partition coefficient (Wildman–Crippen LogP) is 4.74. The van der Waals surface area contributed by atoms with Gasteiger partial charge in [-0.3, -0.25) is 0 Å². The smallest absolute Gasteiger partial charge is 0.125 e. The van der Waals surface area contributed by atoms with E-state index >= 15 is 0 Å². The van der Waals surface area contributed by atoms with E-state index in [9.17, 15) is 0 Å². The van der Waals surface area contributed by atoms with Gasteiger partial charge in [0.05, 0.1) is 12.8 Å². The number of benzene rings is 1. The summed E-state index contributed by atoms with van der Waals surface area (Å²) in [6, 6.07) is 2.82. The van der Waals surface area contributed by atoms with Crippen LogP contribution in [0.4, 0.5) is 0 Å². The second-order valence-corrected chi connectivity index (χ2v) is 6.41. The van der Waals surface area contributed by atoms with Crippen molar-refractivity contribution in [2.24, 2.45) is 0 Å². The first-order valence-corrected chi connectivity index (χ1v) is 7.87. The summed E-state index contributed by atoms with van der Waals surface area (Å²) in [5, 5.41) is 3.55. The fraction of sp³-hybridized carbons (Fsp3) is 0.474. The highest BCUT2D eigenvalue weighted by Gasteiger charge is 2.22. The minimum Gasteiger partial charge on any atom is -0.467 e. The van der Waals surface area contributed by atoms with Crippen LogP contribution in [0.2, 0.25) is 0 Å². The van der Waals surface area contributed by atoms with Gasteiger partial charge in [0.25, 0.3) is 0 Å². The van der Waals surface area contributed by atoms with E-state index in [-0.39, 0.29) is 0 Å². The van der Waals surface area contributed by atoms with Crippen LogP contribution in [0.15, 0.2) is 16.7 Å². The molecular weight excluding hydrogens is 258 g/mol. The summed E-state index contributed by atoms with van der Waals surface area (Å²) < 4.78 is 5.75. The average molecular weight is 283 g/mol. The third-order valence-electron chi connectivity index (χ3n) is 5.14. The molecular formula is C19H25NO. The lowest BCUT2D eigenvalue weighted by molar-refractivity contribution is 0.483. The van der Waals surface area contributed by atoms with E-state index in [0.29, 0.717) is 6.04 Å². The van der Waals surface area contributed by atoms with Crippen LogP contribution in [0.25, 0.3) is 11.1 Å². The lowest BCUT2D eigenvalue weighted by Crippen LogP contribution is -2.15. The van der Waals surface area contributed by atoms with E-state index in [1.165, 1.54) is 51.8 Å². The highest BCUT2D eigenvalue weighted by molar-refractivity contribution is 5.76. The number of furan rings is 1. The third-order valence-corrected chi connectivity index (χ3v) is 5.14. The van der Waals surface area contributed by atoms with Gasteiger partial charge < -0.3 is 9.73 Å². The van der Waals surface area contributed by atoms with Crippen molar-refractivity contribution in [2.45, 2.75) is 60.0 Å². The molecule has 1 aromatic heterocycles. The monoisotopic (exact) mass is 283 g/mol. The van der Waals surface area contributed by atoms with Gasteiger partial charge in [-0.05, 0) is 86.9 Å². The molecule has 0 radical (unpaired) electrons. The zero-order valence-electron chi connectivity index (χ0n) is 13.8. The second-order valence-electron chi connectivity index (χ2n) is 6.41. The number of nitrogens with one attached hydrogen (secondary N) is 1. The van der Waals surface area contributed by atoms with E-state index in [4.69, 9.17) is 4.42 Å². The average Bonchev–Trinajstić information content (AvgIpc) is 3.20. The second kappa shape index (κ2) is 5.34. The minimum atomic E-state index is 0.701. The molecule has 0 aliphatic heterocycles. The molecule has 2 nitrogen and oxygen atoms in total. The summed E-state index contributed by atoms with van der Waals surface area (Å²) in [6.07, 6.45) is 4.43. The zero-order chi connectivity index (χ0) is 15.1. The molecule has 0 saturated heterocycles. The first kappa shape index (κ1) is 14.4. The molecule has 0 unspecified atom stereocenters. The molecule has 1 heterocycles. The van der Waals surface area contributed by atoms with Gasteiger partial charge in [0.15, 0.2) is 0 Å². The Hall–Kier alpha value is -1.54. The third kappa shape index (κ3) is 2.53. The number of hydrogen-bond acceptors (Lipinski definition) is 2. The molecule has 2 heteroatoms. The Morgan fingerprint density at radius 3 is 2.10 bits per heavy atom. The highest BCUT2D eigenvalue weighted by atomic mass is 16.3. The van der Waals surface area contributed by atoms with E-state index in [1.54, 1.807) is 0 Å². The topological polar surface area (TPSA) is 25.2 Å². The van der Waals surface area contributed by atoms with Crippen LogP contribution in [0.3, 0.4) is 0 Å². The Kier molecular flexibility index (Phi) is 3.66. The zero-order valence-corrected chi connectivity index (χ0v) is 13.8. The molecule has 0 atom stereocenters. The van der Waals surface area contributed by atoms with Gasteiger partial charge in [-0.15, -0.1) is 0 Å². The lowest BCUT2D eigenvalue weighted by Gasteiger charge is -2.19. The molecule has 1 N–H and O–H groups in total. The van der Waals surface area contributed by atoms with Crippen LogP contribution >= 0.6 is 0 Å². The predicted molar refractivity (Wildman–Crippen MR) is 87.7 cm³/mol. The van der Waals surface area contributed by atoms with Crippen molar-refractivity contribution in [3.8, 4) is 11.1 Å². The normalized spacial score (nSPS) is 14.7. The van der Waals surface area contributed by atoms with Crippen molar-refractivity contribution < 1.29 is 4.42 Å². The van der Waals surface area contributed by atoms with Gasteiger partial charge in [0, 0.05) is 11.6 Å². The standard InChI is InChI=1S/C19H25NO/c1-11-12(2)14(4)19(15(5)13(11)3)17-8-9-21-18(17)10-20-16-6-7-16/h8-9,16,20H,6-7,10H2,1-5H3. The molecule has 1 fully saturated rings. The molecule has 1 aromatic carbocycles. The molecule has 0 spiro atoms. The van der Waals surface area contributed by atoms with Crippen LogP contribution in [0, 0.1) is 34.6 Å². The molecule has 112 valence electrons. The Bertz CT molecular complexity index is 648. The number of rotatable bonds is 4. The van der Waals surface area contributed by atoms with Crippen molar-refractivity contribution >= 4 is 0 Å². The Morgan fingerprint density at radius 2 is 1.52 bits per heavy atom. The fourth-order valence-corrected chi connectivity index (χ4v) is 3.13. The Balaban J connectivity index is 2.06. The van der Waals surface area contributed by atoms with Crippen LogP contribution in [0.1, 0.15) is 46.4 Å². The highest BCUT2D eigenvalue weighted by Crippen LogP contribution is 2.36. The summed E-state index contributed by atoms with van der Waals surface area (Å²) >= 11 is 0. The molecule has 0 bridgehead atoms. The Morgan fingerprint density at radius 1 is 0.952 bits per heavy atom. The summed E-state index contributed by atoms with van der Waals surface area (Å²) in [4.78, 5) is 0.